The van der Waals surface area contributed by atoms with E-state index < -0.39 is 11.8 Å². The van der Waals surface area contributed by atoms with E-state index >= 15 is 0 Å². The molecule has 0 aromatic heterocycles. The van der Waals surface area contributed by atoms with Gasteiger partial charge in [-0.15, -0.1) is 0 Å². The number of anilines is 2. The molecule has 0 atom stereocenters. The van der Waals surface area contributed by atoms with Crippen molar-refractivity contribution in [1.29, 1.82) is 0 Å². The van der Waals surface area contributed by atoms with Gasteiger partial charge in [0.15, 0.2) is 0 Å². The number of nitrogens with one attached hydrogen (secondary N) is 2. The highest BCUT2D eigenvalue weighted by Gasteiger charge is 2.18. The van der Waals surface area contributed by atoms with Crippen LogP contribution >= 0.6 is 0 Å². The summed E-state index contributed by atoms with van der Waals surface area (Å²) in [4.78, 5) is 24.6. The zero-order valence-electron chi connectivity index (χ0n) is 14.8. The highest BCUT2D eigenvalue weighted by atomic mass is 16.5. The second-order valence-electron chi connectivity index (χ2n) is 5.44. The van der Waals surface area contributed by atoms with E-state index in [1.54, 1.807) is 18.2 Å². The summed E-state index contributed by atoms with van der Waals surface area (Å²) >= 11 is 0. The summed E-state index contributed by atoms with van der Waals surface area (Å²) in [6, 6.07) is 10.7. The summed E-state index contributed by atoms with van der Waals surface area (Å²) < 4.78 is 10.3. The van der Waals surface area contributed by atoms with Gasteiger partial charge in [-0.2, -0.15) is 0 Å². The van der Waals surface area contributed by atoms with E-state index in [-0.39, 0.29) is 0 Å². The van der Waals surface area contributed by atoms with Crippen molar-refractivity contribution in [2.45, 2.75) is 20.3 Å². The first kappa shape index (κ1) is 18.3. The van der Waals surface area contributed by atoms with E-state index in [1.165, 1.54) is 14.2 Å². The maximum Gasteiger partial charge on any atom is 0.314 e. The average molecular weight is 342 g/mol. The summed E-state index contributed by atoms with van der Waals surface area (Å²) in [5.74, 6) is -0.540. The van der Waals surface area contributed by atoms with Crippen molar-refractivity contribution in [3.05, 3.63) is 47.5 Å². The van der Waals surface area contributed by atoms with E-state index in [0.717, 1.165) is 17.5 Å². The quantitative estimate of drug-likeness (QED) is 0.819. The SMILES string of the molecule is CCc1cccc(C)c1NC(=O)C(=O)Nc1cc(OC)ccc1OC. The van der Waals surface area contributed by atoms with Crippen molar-refractivity contribution in [2.24, 2.45) is 0 Å². The molecule has 132 valence electrons. The summed E-state index contributed by atoms with van der Waals surface area (Å²) in [5, 5.41) is 5.25. The van der Waals surface area contributed by atoms with E-state index in [2.05, 4.69) is 10.6 Å². The minimum atomic E-state index is -0.781. The standard InChI is InChI=1S/C19H22N2O4/c1-5-13-8-6-7-12(2)17(13)21-19(23)18(22)20-15-11-14(24-3)9-10-16(15)25-4/h6-11H,5H2,1-4H3,(H,20,22)(H,21,23). The largest absolute Gasteiger partial charge is 0.497 e. The number of hydrogen-bond acceptors (Lipinski definition) is 4. The van der Waals surface area contributed by atoms with Crippen LogP contribution in [0.3, 0.4) is 0 Å². The molecule has 2 N–H and O–H groups in total. The molecule has 2 rings (SSSR count). The van der Waals surface area contributed by atoms with Crippen LogP contribution in [0.15, 0.2) is 36.4 Å². The third-order valence-electron chi connectivity index (χ3n) is 3.84. The Morgan fingerprint density at radius 2 is 1.72 bits per heavy atom. The molecule has 6 heteroatoms. The Labute approximate surface area is 147 Å². The van der Waals surface area contributed by atoms with Crippen LogP contribution in [0.4, 0.5) is 11.4 Å². The van der Waals surface area contributed by atoms with Crippen molar-refractivity contribution in [3.63, 3.8) is 0 Å². The van der Waals surface area contributed by atoms with Crippen molar-refractivity contribution >= 4 is 23.2 Å². The first-order chi connectivity index (χ1) is 12.0. The fraction of sp³-hybridized carbons (Fsp3) is 0.263. The fourth-order valence-electron chi connectivity index (χ4n) is 2.46. The molecule has 2 amide bonds. The van der Waals surface area contributed by atoms with Crippen molar-refractivity contribution in [3.8, 4) is 11.5 Å². The Morgan fingerprint density at radius 1 is 1.00 bits per heavy atom. The predicted octanol–water partition coefficient (Wildman–Crippen LogP) is 3.15. The Bertz CT molecular complexity index is 787. The van der Waals surface area contributed by atoms with Crippen LogP contribution in [0.25, 0.3) is 0 Å². The van der Waals surface area contributed by atoms with E-state index in [0.29, 0.717) is 22.9 Å². The number of benzene rings is 2. The first-order valence-electron chi connectivity index (χ1n) is 7.93. The van der Waals surface area contributed by atoms with Crippen molar-refractivity contribution in [1.82, 2.24) is 0 Å². The number of carbonyl (C=O) groups is 2. The molecular weight excluding hydrogens is 320 g/mol. The van der Waals surface area contributed by atoms with Gasteiger partial charge in [-0.1, -0.05) is 25.1 Å². The molecule has 0 aliphatic carbocycles. The molecule has 2 aromatic carbocycles. The van der Waals surface area contributed by atoms with Crippen LogP contribution in [0.2, 0.25) is 0 Å². The Hall–Kier alpha value is -3.02. The molecule has 0 aliphatic heterocycles. The predicted molar refractivity (Wildman–Crippen MR) is 97.4 cm³/mol. The van der Waals surface area contributed by atoms with Gasteiger partial charge in [0.05, 0.1) is 19.9 Å². The fourth-order valence-corrected chi connectivity index (χ4v) is 2.46. The summed E-state index contributed by atoms with van der Waals surface area (Å²) in [6.07, 6.45) is 0.753. The normalized spacial score (nSPS) is 10.1. The summed E-state index contributed by atoms with van der Waals surface area (Å²) in [5.41, 5.74) is 2.91. The van der Waals surface area contributed by atoms with E-state index in [1.807, 2.05) is 32.0 Å². The molecule has 0 saturated carbocycles. The number of methoxy groups -OCH3 is 2. The van der Waals surface area contributed by atoms with Crippen LogP contribution in [0, 0.1) is 6.92 Å². The minimum absolute atomic E-state index is 0.363. The highest BCUT2D eigenvalue weighted by Crippen LogP contribution is 2.29. The minimum Gasteiger partial charge on any atom is -0.497 e. The molecule has 0 bridgehead atoms. The lowest BCUT2D eigenvalue weighted by Gasteiger charge is -2.14. The van der Waals surface area contributed by atoms with Gasteiger partial charge in [-0.3, -0.25) is 9.59 Å². The molecule has 0 unspecified atom stereocenters. The monoisotopic (exact) mass is 342 g/mol. The van der Waals surface area contributed by atoms with Crippen LogP contribution in [0.5, 0.6) is 11.5 Å². The first-order valence-corrected chi connectivity index (χ1v) is 7.93. The molecule has 6 nitrogen and oxygen atoms in total. The lowest BCUT2D eigenvalue weighted by Crippen LogP contribution is -2.30. The Kier molecular flexibility index (Phi) is 6.00. The third kappa shape index (κ3) is 4.29. The number of hydrogen-bond donors (Lipinski definition) is 2. The van der Waals surface area contributed by atoms with E-state index in [4.69, 9.17) is 9.47 Å². The number of amides is 2. The molecular formula is C19H22N2O4. The van der Waals surface area contributed by atoms with Crippen LogP contribution in [0.1, 0.15) is 18.1 Å². The van der Waals surface area contributed by atoms with Crippen LogP contribution in [-0.2, 0) is 16.0 Å². The number of ether oxygens (including phenoxy) is 2. The van der Waals surface area contributed by atoms with Gasteiger partial charge in [-0.05, 0) is 36.6 Å². The van der Waals surface area contributed by atoms with Gasteiger partial charge < -0.3 is 20.1 Å². The van der Waals surface area contributed by atoms with E-state index in [9.17, 15) is 9.59 Å². The van der Waals surface area contributed by atoms with Crippen LogP contribution < -0.4 is 20.1 Å². The zero-order chi connectivity index (χ0) is 18.4. The lowest BCUT2D eigenvalue weighted by molar-refractivity contribution is -0.133. The molecule has 0 heterocycles. The maximum atomic E-state index is 12.3. The van der Waals surface area contributed by atoms with Crippen molar-refractivity contribution in [2.75, 3.05) is 24.9 Å². The highest BCUT2D eigenvalue weighted by molar-refractivity contribution is 6.44. The molecule has 0 aliphatic rings. The lowest BCUT2D eigenvalue weighted by atomic mass is 10.1. The number of rotatable bonds is 5. The number of carbonyl (C=O) groups excluding carboxylic acids is 2. The smallest absolute Gasteiger partial charge is 0.314 e. The zero-order valence-corrected chi connectivity index (χ0v) is 14.8. The maximum absolute atomic E-state index is 12.3. The summed E-state index contributed by atoms with van der Waals surface area (Å²) in [6.45, 7) is 3.88. The molecule has 0 radical (unpaired) electrons. The van der Waals surface area contributed by atoms with Crippen molar-refractivity contribution < 1.29 is 19.1 Å². The molecule has 0 fully saturated rings. The van der Waals surface area contributed by atoms with Crippen LogP contribution in [-0.4, -0.2) is 26.0 Å². The van der Waals surface area contributed by atoms with Gasteiger partial charge in [0.1, 0.15) is 11.5 Å². The number of aryl methyl sites for hydroxylation is 2. The molecule has 0 saturated heterocycles. The third-order valence-corrected chi connectivity index (χ3v) is 3.84. The van der Waals surface area contributed by atoms with Gasteiger partial charge >= 0.3 is 11.8 Å². The van der Waals surface area contributed by atoms with Gasteiger partial charge in [0.25, 0.3) is 0 Å². The Balaban J connectivity index is 2.18. The van der Waals surface area contributed by atoms with Gasteiger partial charge in [-0.25, -0.2) is 0 Å². The topological polar surface area (TPSA) is 76.7 Å². The second kappa shape index (κ2) is 8.19. The molecule has 2 aromatic rings. The summed E-state index contributed by atoms with van der Waals surface area (Å²) in [7, 11) is 3.00. The molecule has 0 spiro atoms. The molecule has 25 heavy (non-hydrogen) atoms. The Morgan fingerprint density at radius 3 is 2.36 bits per heavy atom. The number of para-hydroxylation sites is 1. The van der Waals surface area contributed by atoms with Gasteiger partial charge in [0, 0.05) is 11.8 Å². The van der Waals surface area contributed by atoms with Gasteiger partial charge in [0.2, 0.25) is 0 Å². The second-order valence-corrected chi connectivity index (χ2v) is 5.44. The average Bonchev–Trinajstić information content (AvgIpc) is 2.63.